The largest absolute Gasteiger partial charge is 0.379 e. The van der Waals surface area contributed by atoms with Crippen LogP contribution in [0.15, 0.2) is 29.2 Å². The molecule has 0 spiro atoms. The van der Waals surface area contributed by atoms with Gasteiger partial charge < -0.3 is 14.4 Å². The van der Waals surface area contributed by atoms with Crippen molar-refractivity contribution in [1.29, 1.82) is 0 Å². The van der Waals surface area contributed by atoms with Gasteiger partial charge in [0.25, 0.3) is 5.91 Å². The fourth-order valence-electron chi connectivity index (χ4n) is 4.17. The van der Waals surface area contributed by atoms with Crippen molar-refractivity contribution >= 4 is 27.5 Å². The monoisotopic (exact) mass is 473 g/mol. The number of carbonyl (C=O) groups is 1. The van der Waals surface area contributed by atoms with Crippen LogP contribution in [0.25, 0.3) is 0 Å². The molecular weight excluding hydrogens is 442 g/mol. The van der Waals surface area contributed by atoms with Crippen molar-refractivity contribution in [3.05, 3.63) is 29.3 Å². The Balaban J connectivity index is 1.62. The van der Waals surface area contributed by atoms with Crippen LogP contribution >= 0.6 is 11.6 Å². The van der Waals surface area contributed by atoms with E-state index < -0.39 is 16.1 Å². The maximum atomic E-state index is 13.1. The second kappa shape index (κ2) is 10.1. The molecule has 0 bridgehead atoms. The summed E-state index contributed by atoms with van der Waals surface area (Å²) in [6.45, 7) is 9.21. The summed E-state index contributed by atoms with van der Waals surface area (Å²) in [7, 11) is -2.06. The molecule has 10 heteroatoms. The Morgan fingerprint density at radius 1 is 1.19 bits per heavy atom. The summed E-state index contributed by atoms with van der Waals surface area (Å²) in [5.74, 6) is -0.214. The first-order valence-corrected chi connectivity index (χ1v) is 12.3. The lowest BCUT2D eigenvalue weighted by atomic mass is 9.91. The summed E-state index contributed by atoms with van der Waals surface area (Å²) >= 11 is 6.11. The van der Waals surface area contributed by atoms with Crippen LogP contribution in [0.1, 0.15) is 13.8 Å². The molecule has 3 rings (SSSR count). The molecule has 1 unspecified atom stereocenters. The van der Waals surface area contributed by atoms with Gasteiger partial charge in [0.2, 0.25) is 10.0 Å². The SMILES string of the molecule is CN(CC(C)(C)CN1CCOCC1)C(=O)C1CN(S(=O)(=O)c2ccccc2Cl)CCO1. The van der Waals surface area contributed by atoms with Crippen LogP contribution in [0.2, 0.25) is 5.02 Å². The molecule has 1 aromatic rings. The third-order valence-corrected chi connectivity index (χ3v) is 7.92. The van der Waals surface area contributed by atoms with E-state index in [4.69, 9.17) is 21.1 Å². The van der Waals surface area contributed by atoms with Crippen LogP contribution in [0, 0.1) is 5.41 Å². The number of benzene rings is 1. The van der Waals surface area contributed by atoms with Crippen LogP contribution in [0.3, 0.4) is 0 Å². The second-order valence-corrected chi connectivity index (χ2v) is 11.2. The second-order valence-electron chi connectivity index (χ2n) is 8.90. The summed E-state index contributed by atoms with van der Waals surface area (Å²) in [6.07, 6.45) is -0.838. The first-order valence-electron chi connectivity index (χ1n) is 10.5. The lowest BCUT2D eigenvalue weighted by Crippen LogP contribution is -2.53. The predicted molar refractivity (Wildman–Crippen MR) is 119 cm³/mol. The molecule has 2 aliphatic rings. The Hall–Kier alpha value is -1.23. The van der Waals surface area contributed by atoms with Crippen LogP contribution in [0.4, 0.5) is 0 Å². The Labute approximate surface area is 190 Å². The molecule has 2 heterocycles. The summed E-state index contributed by atoms with van der Waals surface area (Å²) in [5, 5.41) is 0.166. The van der Waals surface area contributed by atoms with Gasteiger partial charge in [-0.25, -0.2) is 8.42 Å². The first-order chi connectivity index (χ1) is 14.6. The van der Waals surface area contributed by atoms with E-state index in [0.717, 1.165) is 32.8 Å². The van der Waals surface area contributed by atoms with Crippen molar-refractivity contribution in [1.82, 2.24) is 14.1 Å². The lowest BCUT2D eigenvalue weighted by Gasteiger charge is -2.38. The molecule has 31 heavy (non-hydrogen) atoms. The summed E-state index contributed by atoms with van der Waals surface area (Å²) in [6, 6.07) is 6.33. The number of likely N-dealkylation sites (N-methyl/N-ethyl adjacent to an activating group) is 1. The van der Waals surface area contributed by atoms with Crippen LogP contribution in [0.5, 0.6) is 0 Å². The van der Waals surface area contributed by atoms with Gasteiger partial charge >= 0.3 is 0 Å². The number of rotatable bonds is 7. The summed E-state index contributed by atoms with van der Waals surface area (Å²) < 4.78 is 38.4. The van der Waals surface area contributed by atoms with Crippen molar-refractivity contribution in [2.24, 2.45) is 5.41 Å². The highest BCUT2D eigenvalue weighted by molar-refractivity contribution is 7.89. The van der Waals surface area contributed by atoms with E-state index in [-0.39, 0.29) is 40.9 Å². The Morgan fingerprint density at radius 3 is 2.55 bits per heavy atom. The van der Waals surface area contributed by atoms with Crippen LogP contribution in [-0.2, 0) is 24.3 Å². The minimum Gasteiger partial charge on any atom is -0.379 e. The highest BCUT2D eigenvalue weighted by atomic mass is 35.5. The number of sulfonamides is 1. The average molecular weight is 474 g/mol. The number of carbonyl (C=O) groups excluding carboxylic acids is 1. The number of hydrogen-bond donors (Lipinski definition) is 0. The molecule has 0 radical (unpaired) electrons. The molecule has 2 saturated heterocycles. The van der Waals surface area contributed by atoms with Crippen molar-refractivity contribution in [2.75, 3.05) is 66.1 Å². The van der Waals surface area contributed by atoms with Gasteiger partial charge in [0.15, 0.2) is 0 Å². The van der Waals surface area contributed by atoms with E-state index >= 15 is 0 Å². The van der Waals surface area contributed by atoms with E-state index in [1.807, 2.05) is 0 Å². The highest BCUT2D eigenvalue weighted by Crippen LogP contribution is 2.26. The predicted octanol–water partition coefficient (Wildman–Crippen LogP) is 1.55. The lowest BCUT2D eigenvalue weighted by molar-refractivity contribution is -0.147. The van der Waals surface area contributed by atoms with Gasteiger partial charge in [-0.1, -0.05) is 37.6 Å². The van der Waals surface area contributed by atoms with E-state index in [1.165, 1.54) is 10.4 Å². The zero-order chi connectivity index (χ0) is 22.6. The van der Waals surface area contributed by atoms with Crippen molar-refractivity contribution < 1.29 is 22.7 Å². The summed E-state index contributed by atoms with van der Waals surface area (Å²) in [4.78, 5) is 17.1. The number of halogens is 1. The van der Waals surface area contributed by atoms with E-state index in [9.17, 15) is 13.2 Å². The average Bonchev–Trinajstić information content (AvgIpc) is 2.73. The molecule has 2 fully saturated rings. The summed E-state index contributed by atoms with van der Waals surface area (Å²) in [5.41, 5.74) is -0.125. The van der Waals surface area contributed by atoms with E-state index in [0.29, 0.717) is 6.54 Å². The number of ether oxygens (including phenoxy) is 2. The molecule has 174 valence electrons. The molecule has 0 aromatic heterocycles. The molecule has 0 aliphatic carbocycles. The van der Waals surface area contributed by atoms with Gasteiger partial charge in [-0.15, -0.1) is 0 Å². The van der Waals surface area contributed by atoms with Crippen LogP contribution < -0.4 is 0 Å². The number of morpholine rings is 2. The Bertz CT molecular complexity index is 874. The maximum Gasteiger partial charge on any atom is 0.252 e. The molecule has 1 aromatic carbocycles. The van der Waals surface area contributed by atoms with Gasteiger partial charge in [-0.05, 0) is 17.5 Å². The first kappa shape index (κ1) is 24.4. The number of nitrogens with zero attached hydrogens (tertiary/aromatic N) is 3. The molecule has 0 saturated carbocycles. The quantitative estimate of drug-likeness (QED) is 0.597. The molecule has 1 amide bonds. The minimum absolute atomic E-state index is 0.0272. The third-order valence-electron chi connectivity index (χ3n) is 5.56. The molecule has 8 nitrogen and oxygen atoms in total. The Morgan fingerprint density at radius 2 is 1.87 bits per heavy atom. The smallest absolute Gasteiger partial charge is 0.252 e. The highest BCUT2D eigenvalue weighted by Gasteiger charge is 2.37. The topological polar surface area (TPSA) is 79.4 Å². The van der Waals surface area contributed by atoms with Crippen molar-refractivity contribution in [3.8, 4) is 0 Å². The molecular formula is C21H32ClN3O5S. The fourth-order valence-corrected chi connectivity index (χ4v) is 6.08. The van der Waals surface area contributed by atoms with Crippen molar-refractivity contribution in [3.63, 3.8) is 0 Å². The zero-order valence-corrected chi connectivity index (χ0v) is 20.0. The number of amides is 1. The van der Waals surface area contributed by atoms with Gasteiger partial charge in [0, 0.05) is 46.3 Å². The number of hydrogen-bond acceptors (Lipinski definition) is 6. The molecule has 0 N–H and O–H groups in total. The molecule has 2 aliphatic heterocycles. The van der Waals surface area contributed by atoms with Crippen LogP contribution in [-0.4, -0.2) is 101 Å². The van der Waals surface area contributed by atoms with Crippen molar-refractivity contribution in [2.45, 2.75) is 24.8 Å². The van der Waals surface area contributed by atoms with Gasteiger partial charge in [-0.2, -0.15) is 4.31 Å². The van der Waals surface area contributed by atoms with E-state index in [1.54, 1.807) is 30.1 Å². The van der Waals surface area contributed by atoms with E-state index in [2.05, 4.69) is 18.7 Å². The molecule has 1 atom stereocenters. The minimum atomic E-state index is -3.81. The Kier molecular flexibility index (Phi) is 7.99. The normalized spacial score (nSPS) is 21.7. The van der Waals surface area contributed by atoms with Gasteiger partial charge in [0.1, 0.15) is 11.0 Å². The maximum absolute atomic E-state index is 13.1. The van der Waals surface area contributed by atoms with Gasteiger partial charge in [0.05, 0.1) is 24.8 Å². The fraction of sp³-hybridized carbons (Fsp3) is 0.667. The van der Waals surface area contributed by atoms with Gasteiger partial charge in [-0.3, -0.25) is 9.69 Å². The zero-order valence-electron chi connectivity index (χ0n) is 18.4. The third kappa shape index (κ3) is 6.18. The standard InChI is InChI=1S/C21H32ClN3O5S/c1-21(2,16-24-8-11-29-12-9-24)15-23(3)20(26)18-14-25(10-13-30-18)31(27,28)19-7-5-4-6-17(19)22/h4-7,18H,8-16H2,1-3H3.